The molecule has 0 saturated carbocycles. The van der Waals surface area contributed by atoms with Crippen LogP contribution in [0.15, 0.2) is 61.2 Å². The van der Waals surface area contributed by atoms with E-state index in [-0.39, 0.29) is 24.2 Å². The molecule has 2 atom stereocenters. The van der Waals surface area contributed by atoms with Gasteiger partial charge in [-0.15, -0.1) is 0 Å². The second kappa shape index (κ2) is 9.23. The maximum absolute atomic E-state index is 12.5. The van der Waals surface area contributed by atoms with Gasteiger partial charge in [0.1, 0.15) is 18.4 Å². The first-order valence-corrected chi connectivity index (χ1v) is 9.71. The fourth-order valence-corrected chi connectivity index (χ4v) is 2.99. The van der Waals surface area contributed by atoms with Crippen molar-refractivity contribution in [1.82, 2.24) is 25.4 Å². The molecule has 29 heavy (non-hydrogen) atoms. The van der Waals surface area contributed by atoms with E-state index in [1.54, 1.807) is 11.0 Å². The monoisotopic (exact) mass is 393 g/mol. The van der Waals surface area contributed by atoms with Crippen molar-refractivity contribution in [2.45, 2.75) is 45.9 Å². The first kappa shape index (κ1) is 20.4. The average molecular weight is 393 g/mol. The van der Waals surface area contributed by atoms with E-state index in [0.717, 1.165) is 22.6 Å². The van der Waals surface area contributed by atoms with Crippen molar-refractivity contribution in [2.75, 3.05) is 0 Å². The predicted molar refractivity (Wildman–Crippen MR) is 112 cm³/mol. The van der Waals surface area contributed by atoms with Crippen LogP contribution in [0, 0.1) is 0 Å². The number of carbonyl (C=O) groups is 1. The fraction of sp³-hybridized carbons (Fsp3) is 0.318. The van der Waals surface area contributed by atoms with E-state index in [9.17, 15) is 4.79 Å². The van der Waals surface area contributed by atoms with Crippen molar-refractivity contribution in [1.29, 1.82) is 0 Å². The Morgan fingerprint density at radius 2 is 1.66 bits per heavy atom. The number of hydrogen-bond acceptors (Lipinski definition) is 4. The van der Waals surface area contributed by atoms with Gasteiger partial charge in [-0.3, -0.25) is 0 Å². The highest BCUT2D eigenvalue weighted by Gasteiger charge is 2.14. The minimum Gasteiger partial charge on any atom is -0.491 e. The number of nitrogens with one attached hydrogen (secondary N) is 2. The minimum absolute atomic E-state index is 0.105. The molecule has 0 spiro atoms. The molecule has 2 N–H and O–H groups in total. The zero-order valence-corrected chi connectivity index (χ0v) is 17.2. The normalized spacial score (nSPS) is 13.0. The Hall–Kier alpha value is -3.35. The highest BCUT2D eigenvalue weighted by molar-refractivity contribution is 5.75. The third-order valence-electron chi connectivity index (χ3n) is 4.50. The summed E-state index contributed by atoms with van der Waals surface area (Å²) in [7, 11) is 0. The molecule has 2 unspecified atom stereocenters. The van der Waals surface area contributed by atoms with Crippen LogP contribution in [0.4, 0.5) is 4.79 Å². The van der Waals surface area contributed by atoms with E-state index < -0.39 is 0 Å². The van der Waals surface area contributed by atoms with Crippen LogP contribution in [-0.2, 0) is 0 Å². The summed E-state index contributed by atoms with van der Waals surface area (Å²) in [6, 6.07) is 15.1. The number of urea groups is 1. The number of hydrogen-bond donors (Lipinski definition) is 2. The fourth-order valence-electron chi connectivity index (χ4n) is 2.99. The Labute approximate surface area is 171 Å². The van der Waals surface area contributed by atoms with Crippen LogP contribution < -0.4 is 15.4 Å². The molecule has 0 aliphatic rings. The number of aromatic nitrogens is 3. The molecule has 0 bridgehead atoms. The Kier molecular flexibility index (Phi) is 6.49. The molecule has 2 aromatic carbocycles. The molecular formula is C22H27N5O2. The lowest BCUT2D eigenvalue weighted by Crippen LogP contribution is -2.38. The number of ether oxygens (including phenoxy) is 1. The highest BCUT2D eigenvalue weighted by Crippen LogP contribution is 2.20. The summed E-state index contributed by atoms with van der Waals surface area (Å²) in [5, 5.41) is 10.1. The van der Waals surface area contributed by atoms with Gasteiger partial charge in [0.2, 0.25) is 0 Å². The lowest BCUT2D eigenvalue weighted by Gasteiger charge is -2.20. The van der Waals surface area contributed by atoms with Crippen molar-refractivity contribution in [3.05, 3.63) is 72.3 Å². The first-order chi connectivity index (χ1) is 13.9. The molecule has 0 saturated heterocycles. The summed E-state index contributed by atoms with van der Waals surface area (Å²) in [4.78, 5) is 16.4. The van der Waals surface area contributed by atoms with Gasteiger partial charge in [0.15, 0.2) is 0 Å². The molecule has 7 heteroatoms. The van der Waals surface area contributed by atoms with Crippen LogP contribution >= 0.6 is 0 Å². The van der Waals surface area contributed by atoms with E-state index in [4.69, 9.17) is 4.74 Å². The molecule has 3 aromatic rings. The van der Waals surface area contributed by atoms with Crippen LogP contribution in [0.25, 0.3) is 5.69 Å². The molecule has 0 aliphatic heterocycles. The third-order valence-corrected chi connectivity index (χ3v) is 4.50. The highest BCUT2D eigenvalue weighted by atomic mass is 16.5. The summed E-state index contributed by atoms with van der Waals surface area (Å²) in [6.45, 7) is 7.88. The summed E-state index contributed by atoms with van der Waals surface area (Å²) in [5.74, 6) is 0.799. The van der Waals surface area contributed by atoms with E-state index in [2.05, 4.69) is 20.7 Å². The van der Waals surface area contributed by atoms with Crippen molar-refractivity contribution in [3.63, 3.8) is 0 Å². The van der Waals surface area contributed by atoms with Gasteiger partial charge in [-0.05, 0) is 63.1 Å². The van der Waals surface area contributed by atoms with E-state index in [1.165, 1.54) is 6.33 Å². The second-order valence-electron chi connectivity index (χ2n) is 7.23. The molecule has 152 valence electrons. The molecule has 3 rings (SSSR count). The molecular weight excluding hydrogens is 366 g/mol. The van der Waals surface area contributed by atoms with Gasteiger partial charge in [0.25, 0.3) is 0 Å². The number of benzene rings is 2. The minimum atomic E-state index is -0.222. The zero-order chi connectivity index (χ0) is 20.8. The average Bonchev–Trinajstić information content (AvgIpc) is 3.22. The Balaban J connectivity index is 1.57. The number of carbonyl (C=O) groups excluding carboxylic acids is 1. The smallest absolute Gasteiger partial charge is 0.315 e. The summed E-state index contributed by atoms with van der Waals surface area (Å²) < 4.78 is 7.42. The van der Waals surface area contributed by atoms with E-state index >= 15 is 0 Å². The van der Waals surface area contributed by atoms with Gasteiger partial charge in [0, 0.05) is 0 Å². The maximum Gasteiger partial charge on any atom is 0.315 e. The van der Waals surface area contributed by atoms with E-state index in [0.29, 0.717) is 0 Å². The Morgan fingerprint density at radius 3 is 2.28 bits per heavy atom. The van der Waals surface area contributed by atoms with Crippen molar-refractivity contribution in [2.24, 2.45) is 0 Å². The number of amides is 2. The van der Waals surface area contributed by atoms with Crippen LogP contribution in [0.5, 0.6) is 5.75 Å². The lowest BCUT2D eigenvalue weighted by atomic mass is 10.1. The zero-order valence-electron chi connectivity index (χ0n) is 17.2. The van der Waals surface area contributed by atoms with Crippen LogP contribution in [0.2, 0.25) is 0 Å². The second-order valence-corrected chi connectivity index (χ2v) is 7.23. The van der Waals surface area contributed by atoms with Crippen LogP contribution in [0.3, 0.4) is 0 Å². The summed E-state index contributed by atoms with van der Waals surface area (Å²) in [6.07, 6.45) is 3.25. The van der Waals surface area contributed by atoms with Gasteiger partial charge in [-0.1, -0.05) is 24.3 Å². The van der Waals surface area contributed by atoms with Gasteiger partial charge in [0.05, 0.1) is 23.9 Å². The van der Waals surface area contributed by atoms with Gasteiger partial charge < -0.3 is 15.4 Å². The van der Waals surface area contributed by atoms with Crippen molar-refractivity contribution < 1.29 is 9.53 Å². The molecule has 0 radical (unpaired) electrons. The molecule has 0 fully saturated rings. The van der Waals surface area contributed by atoms with Crippen molar-refractivity contribution >= 4 is 6.03 Å². The topological polar surface area (TPSA) is 81.1 Å². The lowest BCUT2D eigenvalue weighted by molar-refractivity contribution is 0.234. The standard InChI is InChI=1S/C22H27N5O2/c1-15(2)29-21-7-5-6-19(12-21)17(4)26-22(28)25-16(3)18-8-10-20(11-9-18)27-14-23-13-24-27/h5-17H,1-4H3,(H2,25,26,28). The molecule has 1 heterocycles. The largest absolute Gasteiger partial charge is 0.491 e. The SMILES string of the molecule is CC(C)Oc1cccc(C(C)NC(=O)NC(C)c2ccc(-n3cncn3)cc2)c1. The Morgan fingerprint density at radius 1 is 0.966 bits per heavy atom. The van der Waals surface area contributed by atoms with Crippen LogP contribution in [0.1, 0.15) is 50.9 Å². The molecule has 1 aromatic heterocycles. The number of rotatable bonds is 7. The summed E-state index contributed by atoms with van der Waals surface area (Å²) in [5.41, 5.74) is 2.91. The molecule has 0 aliphatic carbocycles. The number of nitrogens with zero attached hydrogens (tertiary/aromatic N) is 3. The maximum atomic E-state index is 12.5. The quantitative estimate of drug-likeness (QED) is 0.631. The molecule has 7 nitrogen and oxygen atoms in total. The van der Waals surface area contributed by atoms with Crippen molar-refractivity contribution in [3.8, 4) is 11.4 Å². The van der Waals surface area contributed by atoms with Gasteiger partial charge in [-0.2, -0.15) is 5.10 Å². The molecule has 2 amide bonds. The first-order valence-electron chi connectivity index (χ1n) is 9.71. The van der Waals surface area contributed by atoms with Gasteiger partial charge >= 0.3 is 6.03 Å². The van der Waals surface area contributed by atoms with E-state index in [1.807, 2.05) is 76.2 Å². The predicted octanol–water partition coefficient (Wildman–Crippen LogP) is 4.18. The Bertz CT molecular complexity index is 923. The van der Waals surface area contributed by atoms with Crippen LogP contribution in [-0.4, -0.2) is 26.9 Å². The van der Waals surface area contributed by atoms with Gasteiger partial charge in [-0.25, -0.2) is 14.5 Å². The third kappa shape index (κ3) is 5.57. The summed E-state index contributed by atoms with van der Waals surface area (Å²) >= 11 is 0.